The van der Waals surface area contributed by atoms with Crippen LogP contribution in [-0.2, 0) is 13.0 Å². The molecule has 0 unspecified atom stereocenters. The van der Waals surface area contributed by atoms with Gasteiger partial charge in [-0.2, -0.15) is 0 Å². The van der Waals surface area contributed by atoms with Crippen LogP contribution in [0.4, 0.5) is 11.6 Å². The van der Waals surface area contributed by atoms with Crippen molar-refractivity contribution in [1.29, 1.82) is 0 Å². The van der Waals surface area contributed by atoms with Crippen LogP contribution < -0.4 is 15.5 Å². The average molecular weight is 568 g/mol. The third kappa shape index (κ3) is 4.86. The molecular formula is C28H34ClN7O2S. The normalized spacial score (nSPS) is 20.8. The van der Waals surface area contributed by atoms with E-state index in [-0.39, 0.29) is 24.0 Å². The Morgan fingerprint density at radius 1 is 1.10 bits per heavy atom. The maximum absolute atomic E-state index is 10.3. The van der Waals surface area contributed by atoms with Gasteiger partial charge in [0, 0.05) is 61.6 Å². The number of halogens is 1. The van der Waals surface area contributed by atoms with Crippen molar-refractivity contribution in [2.24, 2.45) is 17.1 Å². The first-order valence-electron chi connectivity index (χ1n) is 13.4. The van der Waals surface area contributed by atoms with E-state index in [4.69, 9.17) is 27.3 Å². The zero-order valence-electron chi connectivity index (χ0n) is 22.2. The first-order chi connectivity index (χ1) is 18.7. The fourth-order valence-corrected chi connectivity index (χ4v) is 7.24. The highest BCUT2D eigenvalue weighted by molar-refractivity contribution is 7.99. The lowest BCUT2D eigenvalue weighted by atomic mass is 9.73. The molecule has 0 aromatic carbocycles. The van der Waals surface area contributed by atoms with Crippen LogP contribution in [0.15, 0.2) is 46.8 Å². The summed E-state index contributed by atoms with van der Waals surface area (Å²) in [5.74, 6) is 1.61. The second-order valence-electron chi connectivity index (χ2n) is 11.5. The maximum Gasteiger partial charge on any atom is 0.152 e. The summed E-state index contributed by atoms with van der Waals surface area (Å²) < 4.78 is 0. The van der Waals surface area contributed by atoms with E-state index in [0.717, 1.165) is 43.1 Å². The average Bonchev–Trinajstić information content (AvgIpc) is 3.16. The molecule has 2 saturated heterocycles. The molecule has 0 saturated carbocycles. The Labute approximate surface area is 237 Å². The molecule has 0 bridgehead atoms. The number of nitrogens with two attached hydrogens (primary N) is 1. The largest absolute Gasteiger partial charge is 0.390 e. The first kappa shape index (κ1) is 26.7. The second-order valence-corrected chi connectivity index (χ2v) is 13.0. The van der Waals surface area contributed by atoms with Gasteiger partial charge in [0.1, 0.15) is 16.5 Å². The van der Waals surface area contributed by atoms with Gasteiger partial charge in [-0.1, -0.05) is 23.4 Å². The fraction of sp³-hybridized carbons (Fsp3) is 0.500. The summed E-state index contributed by atoms with van der Waals surface area (Å²) in [4.78, 5) is 23.4. The topological polar surface area (TPSA) is 125 Å². The van der Waals surface area contributed by atoms with Crippen molar-refractivity contribution in [2.45, 2.75) is 61.3 Å². The number of hydrogen-bond acceptors (Lipinski definition) is 10. The van der Waals surface area contributed by atoms with Gasteiger partial charge in [-0.3, -0.25) is 4.98 Å². The van der Waals surface area contributed by atoms with Gasteiger partial charge in [0.05, 0.1) is 23.4 Å². The van der Waals surface area contributed by atoms with Crippen molar-refractivity contribution < 1.29 is 10.2 Å². The van der Waals surface area contributed by atoms with Gasteiger partial charge >= 0.3 is 0 Å². The van der Waals surface area contributed by atoms with Gasteiger partial charge in [0.25, 0.3) is 0 Å². The number of aliphatic hydroxyl groups excluding tert-OH is 1. The van der Waals surface area contributed by atoms with E-state index in [2.05, 4.69) is 25.8 Å². The molecule has 0 amide bonds. The van der Waals surface area contributed by atoms with Crippen LogP contribution in [-0.4, -0.2) is 61.9 Å². The van der Waals surface area contributed by atoms with Crippen molar-refractivity contribution in [3.63, 3.8) is 0 Å². The van der Waals surface area contributed by atoms with Crippen molar-refractivity contribution in [1.82, 2.24) is 19.9 Å². The number of anilines is 2. The minimum atomic E-state index is -0.728. The van der Waals surface area contributed by atoms with Gasteiger partial charge in [0.15, 0.2) is 5.82 Å². The molecule has 1 aliphatic carbocycles. The number of rotatable bonds is 6. The van der Waals surface area contributed by atoms with Crippen LogP contribution in [0.25, 0.3) is 0 Å². The van der Waals surface area contributed by atoms with E-state index >= 15 is 0 Å². The molecule has 0 radical (unpaired) electrons. The Morgan fingerprint density at radius 2 is 1.87 bits per heavy atom. The molecule has 11 heteroatoms. The van der Waals surface area contributed by atoms with Gasteiger partial charge in [-0.15, -0.1) is 0 Å². The molecule has 3 aromatic heterocycles. The molecule has 6 rings (SSSR count). The molecular weight excluding hydrogens is 534 g/mol. The van der Waals surface area contributed by atoms with Crippen molar-refractivity contribution >= 4 is 35.0 Å². The number of nitrogens with zero attached hydrogens (tertiary/aromatic N) is 6. The van der Waals surface area contributed by atoms with Crippen molar-refractivity contribution in [3.8, 4) is 0 Å². The van der Waals surface area contributed by atoms with Crippen LogP contribution >= 0.6 is 23.4 Å². The number of aromatic nitrogens is 4. The minimum absolute atomic E-state index is 0.00204. The predicted octanol–water partition coefficient (Wildman–Crippen LogP) is 3.61. The summed E-state index contributed by atoms with van der Waals surface area (Å²) in [5, 5.41) is 21.7. The SMILES string of the molecule is CC(C)(O)C1CN(c2nccc(Sc3cnc(N4CCC5(CC4)Cc4ccncc4[C@H]5N)c(CO)n3)c2Cl)C1. The maximum atomic E-state index is 10.3. The molecule has 3 aromatic rings. The molecule has 5 heterocycles. The highest BCUT2D eigenvalue weighted by Crippen LogP contribution is 2.51. The Hall–Kier alpha value is -2.50. The second kappa shape index (κ2) is 10.2. The molecule has 1 atom stereocenters. The molecule has 206 valence electrons. The van der Waals surface area contributed by atoms with Gasteiger partial charge in [-0.25, -0.2) is 15.0 Å². The predicted molar refractivity (Wildman–Crippen MR) is 152 cm³/mol. The first-order valence-corrected chi connectivity index (χ1v) is 14.6. The smallest absolute Gasteiger partial charge is 0.152 e. The molecule has 2 fully saturated rings. The molecule has 2 aliphatic heterocycles. The third-order valence-corrected chi connectivity index (χ3v) is 10.2. The molecule has 39 heavy (non-hydrogen) atoms. The van der Waals surface area contributed by atoms with Gasteiger partial charge in [0.2, 0.25) is 0 Å². The monoisotopic (exact) mass is 567 g/mol. The Bertz CT molecular complexity index is 1370. The zero-order valence-corrected chi connectivity index (χ0v) is 23.8. The third-order valence-electron chi connectivity index (χ3n) is 8.72. The highest BCUT2D eigenvalue weighted by Gasteiger charge is 2.46. The number of fused-ring (bicyclic) bond motifs is 1. The highest BCUT2D eigenvalue weighted by atomic mass is 35.5. The Balaban J connectivity index is 1.14. The lowest BCUT2D eigenvalue weighted by molar-refractivity contribution is 0.00438. The standard InChI is InChI=1S/C28H34ClN7O2S/c1-27(2,38)18-14-36(15-18)26-23(29)21(4-8-32-26)39-22-13-33-25(20(16-37)34-22)35-9-5-28(6-10-35)11-17-3-7-31-12-19(17)24(28)30/h3-4,7-8,12-13,18,24,37-38H,5-6,9-11,14-16,30H2,1-2H3/t24-/m1/s1. The summed E-state index contributed by atoms with van der Waals surface area (Å²) >= 11 is 8.16. The van der Waals surface area contributed by atoms with Crippen LogP contribution in [0.3, 0.4) is 0 Å². The van der Waals surface area contributed by atoms with Crippen LogP contribution in [0.5, 0.6) is 0 Å². The summed E-state index contributed by atoms with van der Waals surface area (Å²) in [6, 6.07) is 3.95. The number of pyridine rings is 2. The summed E-state index contributed by atoms with van der Waals surface area (Å²) in [6.07, 6.45) is 10.1. The number of hydrogen-bond donors (Lipinski definition) is 3. The van der Waals surface area contributed by atoms with E-state index in [1.807, 2.05) is 32.3 Å². The van der Waals surface area contributed by atoms with Crippen LogP contribution in [0.1, 0.15) is 49.6 Å². The van der Waals surface area contributed by atoms with E-state index in [9.17, 15) is 10.2 Å². The molecule has 4 N–H and O–H groups in total. The van der Waals surface area contributed by atoms with Crippen LogP contribution in [0, 0.1) is 11.3 Å². The Morgan fingerprint density at radius 3 is 2.56 bits per heavy atom. The zero-order chi connectivity index (χ0) is 27.4. The van der Waals surface area contributed by atoms with Crippen molar-refractivity contribution in [3.05, 3.63) is 58.8 Å². The lowest BCUT2D eigenvalue weighted by Gasteiger charge is -2.46. The summed E-state index contributed by atoms with van der Waals surface area (Å²) in [7, 11) is 0. The quantitative estimate of drug-likeness (QED) is 0.407. The van der Waals surface area contributed by atoms with E-state index in [0.29, 0.717) is 34.6 Å². The molecule has 9 nitrogen and oxygen atoms in total. The molecule has 3 aliphatic rings. The Kier molecular flexibility index (Phi) is 6.96. The van der Waals surface area contributed by atoms with Gasteiger partial charge < -0.3 is 25.7 Å². The number of aliphatic hydroxyl groups is 2. The van der Waals surface area contributed by atoms with E-state index in [1.54, 1.807) is 12.4 Å². The summed E-state index contributed by atoms with van der Waals surface area (Å²) in [5.41, 5.74) is 9.07. The van der Waals surface area contributed by atoms with E-state index < -0.39 is 5.60 Å². The van der Waals surface area contributed by atoms with Gasteiger partial charge in [-0.05, 0) is 61.8 Å². The lowest BCUT2D eigenvalue weighted by Crippen LogP contribution is -2.56. The van der Waals surface area contributed by atoms with Crippen molar-refractivity contribution in [2.75, 3.05) is 36.0 Å². The molecule has 1 spiro atoms. The van der Waals surface area contributed by atoms with Crippen LogP contribution in [0.2, 0.25) is 5.02 Å². The van der Waals surface area contributed by atoms with E-state index in [1.165, 1.54) is 22.9 Å². The minimum Gasteiger partial charge on any atom is -0.390 e. The fourth-order valence-electron chi connectivity index (χ4n) is 6.10. The number of piperidine rings is 1. The summed E-state index contributed by atoms with van der Waals surface area (Å²) in [6.45, 7) is 6.50.